The summed E-state index contributed by atoms with van der Waals surface area (Å²) in [4.78, 5) is 53.2. The Morgan fingerprint density at radius 1 is 0.739 bits per heavy atom. The molecule has 12 heteroatoms. The Labute approximate surface area is 266 Å². The number of hydrogen-bond donors (Lipinski definition) is 7. The fourth-order valence-electron chi connectivity index (χ4n) is 6.49. The van der Waals surface area contributed by atoms with Crippen molar-refractivity contribution in [1.29, 1.82) is 0 Å². The summed E-state index contributed by atoms with van der Waals surface area (Å²) in [5.41, 5.74) is -2.52. The van der Waals surface area contributed by atoms with Gasteiger partial charge in [-0.3, -0.25) is 19.2 Å². The molecule has 12 nitrogen and oxygen atoms in total. The number of amides is 1. The molecule has 1 unspecified atom stereocenters. The Kier molecular flexibility index (Phi) is 10.2. The van der Waals surface area contributed by atoms with Gasteiger partial charge in [-0.05, 0) is 19.4 Å². The van der Waals surface area contributed by atoms with E-state index in [1.807, 2.05) is 0 Å². The number of carbonyl (C=O) groups is 4. The highest BCUT2D eigenvalue weighted by Gasteiger charge is 2.46. The number of hydrogen-bond acceptors (Lipinski definition) is 11. The minimum absolute atomic E-state index is 0.113. The molecule has 5 aliphatic rings. The normalized spacial score (nSPS) is 35.8. The van der Waals surface area contributed by atoms with Gasteiger partial charge in [-0.1, -0.05) is 52.0 Å². The zero-order valence-electron chi connectivity index (χ0n) is 26.5. The molecule has 1 aliphatic carbocycles. The number of benzene rings is 1. The Balaban J connectivity index is 1.86. The number of nitrogens with one attached hydrogen (secondary N) is 1. The van der Waals surface area contributed by atoms with Crippen molar-refractivity contribution in [3.8, 4) is 11.5 Å². The van der Waals surface area contributed by atoms with Gasteiger partial charge < -0.3 is 40.7 Å². The quantitative estimate of drug-likeness (QED) is 0.218. The zero-order chi connectivity index (χ0) is 34.4. The summed E-state index contributed by atoms with van der Waals surface area (Å²) in [5.74, 6) is -8.66. The number of phenols is 2. The van der Waals surface area contributed by atoms with Gasteiger partial charge in [0.25, 0.3) is 0 Å². The molecule has 0 saturated carbocycles. The van der Waals surface area contributed by atoms with Crippen LogP contribution in [0.5, 0.6) is 11.5 Å². The average Bonchev–Trinajstić information content (AvgIpc) is 3.01. The van der Waals surface area contributed by atoms with Crippen LogP contribution in [0.1, 0.15) is 71.3 Å². The summed E-state index contributed by atoms with van der Waals surface area (Å²) >= 11 is 0. The predicted molar refractivity (Wildman–Crippen MR) is 165 cm³/mol. The first kappa shape index (κ1) is 34.9. The molecule has 10 atom stereocenters. The number of aromatic hydroxyl groups is 2. The standard InChI is InChI=1S/C34H41NO11/c1-13-9-7-8-10-22(37)35-20-12-21(36)23-24(30(42)16(4)31(43)25(23)32(20)44)27(39)14(2)11-19-29(41)18(6)33(46-34(19)45)17(5)28(40)15(3)26(13)38/h7-13,15,17-19,26,28-29,33-34,38,40-43,45H,1-6H3,(H,35,37)/b9-7+,10-8-,14-11?/t13-,15+,17-,18-,19-,26-,28-,29+,33+,34?/m0/s1. The van der Waals surface area contributed by atoms with Crippen molar-refractivity contribution < 1.29 is 54.6 Å². The second-order valence-corrected chi connectivity index (χ2v) is 12.6. The molecule has 4 aliphatic heterocycles. The molecule has 0 aromatic heterocycles. The van der Waals surface area contributed by atoms with Crippen LogP contribution in [-0.4, -0.2) is 84.6 Å². The molecule has 4 heterocycles. The van der Waals surface area contributed by atoms with Crippen LogP contribution in [0.4, 0.5) is 0 Å². The molecule has 1 aromatic rings. The van der Waals surface area contributed by atoms with Crippen LogP contribution in [0, 0.1) is 36.5 Å². The first-order valence-corrected chi connectivity index (χ1v) is 15.1. The van der Waals surface area contributed by atoms with Gasteiger partial charge in [0.15, 0.2) is 17.9 Å². The van der Waals surface area contributed by atoms with Gasteiger partial charge in [-0.15, -0.1) is 0 Å². The van der Waals surface area contributed by atoms with Gasteiger partial charge in [0, 0.05) is 41.4 Å². The van der Waals surface area contributed by atoms with Crippen molar-refractivity contribution in [3.63, 3.8) is 0 Å². The third-order valence-electron chi connectivity index (χ3n) is 9.49. The van der Waals surface area contributed by atoms with Crippen molar-refractivity contribution in [2.45, 2.75) is 72.2 Å². The molecule has 1 saturated heterocycles. The predicted octanol–water partition coefficient (Wildman–Crippen LogP) is 2.00. The lowest BCUT2D eigenvalue weighted by atomic mass is 9.75. The van der Waals surface area contributed by atoms with Crippen molar-refractivity contribution in [3.05, 3.63) is 70.0 Å². The number of aliphatic hydroxyl groups excluding tert-OH is 4. The average molecular weight is 640 g/mol. The molecule has 46 heavy (non-hydrogen) atoms. The molecule has 7 N–H and O–H groups in total. The van der Waals surface area contributed by atoms with Crippen LogP contribution >= 0.6 is 0 Å². The third-order valence-corrected chi connectivity index (χ3v) is 9.49. The Hall–Kier alpha value is -3.94. The van der Waals surface area contributed by atoms with E-state index in [1.165, 1.54) is 32.1 Å². The molecular formula is C34H41NO11. The molecular weight excluding hydrogens is 598 g/mol. The fraction of sp³-hybridized carbons (Fsp3) is 0.471. The summed E-state index contributed by atoms with van der Waals surface area (Å²) in [5, 5.41) is 68.4. The summed E-state index contributed by atoms with van der Waals surface area (Å²) in [6.07, 6.45) is 1.72. The number of allylic oxidation sites excluding steroid dienone is 5. The molecule has 0 radical (unpaired) electrons. The Morgan fingerprint density at radius 3 is 1.96 bits per heavy atom. The fourth-order valence-corrected chi connectivity index (χ4v) is 6.49. The number of fused-ring (bicyclic) bond motifs is 1. The molecule has 1 aromatic carbocycles. The van der Waals surface area contributed by atoms with Crippen molar-refractivity contribution in [2.75, 3.05) is 0 Å². The third kappa shape index (κ3) is 6.23. The minimum atomic E-state index is -1.62. The Bertz CT molecular complexity index is 1570. The van der Waals surface area contributed by atoms with E-state index >= 15 is 0 Å². The van der Waals surface area contributed by atoms with E-state index < -0.39 is 117 Å². The van der Waals surface area contributed by atoms with E-state index in [2.05, 4.69) is 5.32 Å². The lowest BCUT2D eigenvalue weighted by Crippen LogP contribution is -2.54. The number of carbonyl (C=O) groups excluding carboxylic acids is 4. The number of ether oxygens (including phenoxy) is 1. The first-order chi connectivity index (χ1) is 21.5. The van der Waals surface area contributed by atoms with Crippen LogP contribution in [0.25, 0.3) is 0 Å². The van der Waals surface area contributed by atoms with E-state index in [0.717, 1.165) is 12.2 Å². The molecule has 6 rings (SSSR count). The van der Waals surface area contributed by atoms with Crippen molar-refractivity contribution in [2.24, 2.45) is 29.6 Å². The smallest absolute Gasteiger partial charge is 0.248 e. The number of aliphatic hydroxyl groups is 4. The largest absolute Gasteiger partial charge is 0.507 e. The second-order valence-electron chi connectivity index (χ2n) is 12.6. The van der Waals surface area contributed by atoms with Crippen LogP contribution in [0.2, 0.25) is 0 Å². The maximum absolute atomic E-state index is 13.8. The van der Waals surface area contributed by atoms with Gasteiger partial charge in [-0.2, -0.15) is 0 Å². The van der Waals surface area contributed by atoms with E-state index in [9.17, 15) is 49.8 Å². The van der Waals surface area contributed by atoms with E-state index in [-0.39, 0.29) is 11.1 Å². The molecule has 6 bridgehead atoms. The maximum atomic E-state index is 13.8. The van der Waals surface area contributed by atoms with E-state index in [4.69, 9.17) is 4.74 Å². The lowest BCUT2D eigenvalue weighted by Gasteiger charge is -2.45. The van der Waals surface area contributed by atoms with E-state index in [1.54, 1.807) is 33.8 Å². The SMILES string of the molecule is CC1=C[C@@H]2C(O)O[C@H]([C@@H](C)[C@@H](O)[C@H](C)[C@@H](O)[C@@H](C)/C=C/C=C\C(=O)NC3=CC(=O)c4c(c(O)c(C)c(O)c4C3=O)C1=O)[C@@H](C)[C@H]2O. The first-order valence-electron chi connectivity index (χ1n) is 15.1. The number of rotatable bonds is 0. The van der Waals surface area contributed by atoms with Crippen LogP contribution < -0.4 is 5.32 Å². The van der Waals surface area contributed by atoms with Crippen LogP contribution in [0.3, 0.4) is 0 Å². The van der Waals surface area contributed by atoms with Crippen molar-refractivity contribution in [1.82, 2.24) is 5.32 Å². The summed E-state index contributed by atoms with van der Waals surface area (Å²) in [7, 11) is 0. The minimum Gasteiger partial charge on any atom is -0.507 e. The van der Waals surface area contributed by atoms with Gasteiger partial charge in [-0.25, -0.2) is 0 Å². The highest BCUT2D eigenvalue weighted by Crippen LogP contribution is 2.42. The Morgan fingerprint density at radius 2 is 1.33 bits per heavy atom. The van der Waals surface area contributed by atoms with Gasteiger partial charge in [0.2, 0.25) is 11.7 Å². The number of Topliss-reactive ketones (excluding diaryl/α,β-unsaturated/α-hetero) is 2. The summed E-state index contributed by atoms with van der Waals surface area (Å²) < 4.78 is 5.88. The van der Waals surface area contributed by atoms with Crippen LogP contribution in [0.15, 0.2) is 47.7 Å². The van der Waals surface area contributed by atoms with E-state index in [0.29, 0.717) is 0 Å². The van der Waals surface area contributed by atoms with Gasteiger partial charge >= 0.3 is 0 Å². The number of phenolic OH excluding ortho intramolecular Hbond substituents is 2. The molecule has 1 amide bonds. The zero-order valence-corrected chi connectivity index (χ0v) is 26.5. The number of ketones is 3. The molecule has 1 fully saturated rings. The van der Waals surface area contributed by atoms with Gasteiger partial charge in [0.05, 0.1) is 52.7 Å². The monoisotopic (exact) mass is 639 g/mol. The molecule has 0 spiro atoms. The second kappa shape index (κ2) is 13.4. The van der Waals surface area contributed by atoms with Crippen LogP contribution in [-0.2, 0) is 9.53 Å². The van der Waals surface area contributed by atoms with Crippen molar-refractivity contribution >= 4 is 23.3 Å². The highest BCUT2D eigenvalue weighted by atomic mass is 16.6. The maximum Gasteiger partial charge on any atom is 0.248 e. The van der Waals surface area contributed by atoms with Gasteiger partial charge in [0.1, 0.15) is 11.5 Å². The highest BCUT2D eigenvalue weighted by molar-refractivity contribution is 6.31. The molecule has 248 valence electrons. The lowest BCUT2D eigenvalue weighted by molar-refractivity contribution is -0.254. The summed E-state index contributed by atoms with van der Waals surface area (Å²) in [6, 6.07) is 0. The summed E-state index contributed by atoms with van der Waals surface area (Å²) in [6.45, 7) is 9.30. The topological polar surface area (TPSA) is 211 Å².